The third kappa shape index (κ3) is 2.98. The van der Waals surface area contributed by atoms with Gasteiger partial charge >= 0.3 is 0 Å². The molecule has 0 spiro atoms. The summed E-state index contributed by atoms with van der Waals surface area (Å²) in [5.74, 6) is 0.929. The number of ether oxygens (including phenoxy) is 1. The van der Waals surface area contributed by atoms with Gasteiger partial charge in [-0.1, -0.05) is 6.07 Å². The molecule has 86 valence electrons. The molecule has 3 heteroatoms. The van der Waals surface area contributed by atoms with Crippen molar-refractivity contribution in [1.29, 1.82) is 5.26 Å². The Kier molecular flexibility index (Phi) is 4.81. The fourth-order valence-corrected chi connectivity index (χ4v) is 1.63. The lowest BCUT2D eigenvalue weighted by Gasteiger charge is -2.12. The van der Waals surface area contributed by atoms with Crippen molar-refractivity contribution in [2.45, 2.75) is 26.8 Å². The largest absolute Gasteiger partial charge is 0.496 e. The number of nitriles is 1. The molecule has 1 aromatic rings. The first kappa shape index (κ1) is 12.5. The third-order valence-electron chi connectivity index (χ3n) is 2.80. The molecule has 0 heterocycles. The van der Waals surface area contributed by atoms with Gasteiger partial charge in [0.05, 0.1) is 13.2 Å². The number of nitrogens with zero attached hydrogens (tertiary/aromatic N) is 1. The van der Waals surface area contributed by atoms with E-state index in [-0.39, 0.29) is 0 Å². The smallest absolute Gasteiger partial charge is 0.122 e. The van der Waals surface area contributed by atoms with Crippen molar-refractivity contribution in [1.82, 2.24) is 5.32 Å². The second kappa shape index (κ2) is 6.14. The minimum absolute atomic E-state index is 0.550. The minimum Gasteiger partial charge on any atom is -0.496 e. The first-order chi connectivity index (χ1) is 7.70. The molecule has 1 rings (SSSR count). The fourth-order valence-electron chi connectivity index (χ4n) is 1.63. The number of nitrogens with one attached hydrogen (secondary N) is 1. The van der Waals surface area contributed by atoms with Crippen LogP contribution in [0.3, 0.4) is 0 Å². The maximum atomic E-state index is 8.42. The molecule has 1 N–H and O–H groups in total. The molecule has 16 heavy (non-hydrogen) atoms. The van der Waals surface area contributed by atoms with Crippen molar-refractivity contribution >= 4 is 0 Å². The molecule has 0 aliphatic rings. The number of rotatable bonds is 5. The van der Waals surface area contributed by atoms with Crippen molar-refractivity contribution in [3.8, 4) is 11.8 Å². The maximum Gasteiger partial charge on any atom is 0.122 e. The number of hydrogen-bond acceptors (Lipinski definition) is 3. The molecule has 0 bridgehead atoms. The molecule has 0 saturated heterocycles. The molecule has 0 atom stereocenters. The topological polar surface area (TPSA) is 45.0 Å². The van der Waals surface area contributed by atoms with Gasteiger partial charge in [-0.3, -0.25) is 0 Å². The first-order valence-corrected chi connectivity index (χ1v) is 5.41. The third-order valence-corrected chi connectivity index (χ3v) is 2.80. The van der Waals surface area contributed by atoms with Gasteiger partial charge in [0.15, 0.2) is 0 Å². The Morgan fingerprint density at radius 2 is 2.06 bits per heavy atom. The van der Waals surface area contributed by atoms with Gasteiger partial charge in [0.1, 0.15) is 5.75 Å². The summed E-state index contributed by atoms with van der Waals surface area (Å²) >= 11 is 0. The lowest BCUT2D eigenvalue weighted by molar-refractivity contribution is 0.411. The van der Waals surface area contributed by atoms with Crippen LogP contribution in [0.2, 0.25) is 0 Å². The van der Waals surface area contributed by atoms with Gasteiger partial charge < -0.3 is 10.1 Å². The van der Waals surface area contributed by atoms with E-state index in [1.54, 1.807) is 7.11 Å². The molecule has 0 fully saturated rings. The van der Waals surface area contributed by atoms with Crippen LogP contribution < -0.4 is 10.1 Å². The average Bonchev–Trinajstić information content (AvgIpc) is 2.30. The molecule has 1 aromatic carbocycles. The summed E-state index contributed by atoms with van der Waals surface area (Å²) in [6.45, 7) is 5.70. The second-order valence-corrected chi connectivity index (χ2v) is 3.76. The first-order valence-electron chi connectivity index (χ1n) is 5.41. The van der Waals surface area contributed by atoms with E-state index >= 15 is 0 Å². The fraction of sp³-hybridized carbons (Fsp3) is 0.462. The van der Waals surface area contributed by atoms with Crippen molar-refractivity contribution in [2.75, 3.05) is 13.7 Å². The van der Waals surface area contributed by atoms with E-state index in [2.05, 4.69) is 31.3 Å². The van der Waals surface area contributed by atoms with Crippen molar-refractivity contribution < 1.29 is 4.74 Å². The summed E-state index contributed by atoms with van der Waals surface area (Å²) in [4.78, 5) is 0. The maximum absolute atomic E-state index is 8.42. The monoisotopic (exact) mass is 218 g/mol. The highest BCUT2D eigenvalue weighted by atomic mass is 16.5. The van der Waals surface area contributed by atoms with E-state index in [9.17, 15) is 0 Å². The van der Waals surface area contributed by atoms with Gasteiger partial charge in [-0.15, -0.1) is 0 Å². The van der Waals surface area contributed by atoms with E-state index in [1.807, 2.05) is 6.07 Å². The van der Waals surface area contributed by atoms with Gasteiger partial charge in [-0.25, -0.2) is 0 Å². The molecule has 3 nitrogen and oxygen atoms in total. The van der Waals surface area contributed by atoms with Crippen molar-refractivity contribution in [3.63, 3.8) is 0 Å². The predicted octanol–water partition coefficient (Wildman–Crippen LogP) is 2.32. The van der Waals surface area contributed by atoms with Crippen LogP contribution in [0.15, 0.2) is 12.1 Å². The lowest BCUT2D eigenvalue weighted by Crippen LogP contribution is -2.15. The highest BCUT2D eigenvalue weighted by Crippen LogP contribution is 2.23. The Labute approximate surface area is 97.0 Å². The predicted molar refractivity (Wildman–Crippen MR) is 64.4 cm³/mol. The van der Waals surface area contributed by atoms with E-state index < -0.39 is 0 Å². The second-order valence-electron chi connectivity index (χ2n) is 3.76. The summed E-state index contributed by atoms with van der Waals surface area (Å²) in [5, 5.41) is 11.7. The van der Waals surface area contributed by atoms with Crippen molar-refractivity contribution in [2.24, 2.45) is 0 Å². The summed E-state index contributed by atoms with van der Waals surface area (Å²) < 4.78 is 5.26. The molecule has 0 radical (unpaired) electrons. The van der Waals surface area contributed by atoms with Crippen molar-refractivity contribution in [3.05, 3.63) is 28.8 Å². The number of hydrogen-bond donors (Lipinski definition) is 1. The van der Waals surface area contributed by atoms with Crippen LogP contribution in [0, 0.1) is 25.2 Å². The summed E-state index contributed by atoms with van der Waals surface area (Å²) in [6.07, 6.45) is 0.550. The number of benzene rings is 1. The molecule has 0 saturated carbocycles. The molecule has 0 aliphatic carbocycles. The number of methoxy groups -OCH3 is 1. The zero-order valence-electron chi connectivity index (χ0n) is 10.1. The van der Waals surface area contributed by atoms with Crippen LogP contribution in [0.1, 0.15) is 23.1 Å². The zero-order valence-corrected chi connectivity index (χ0v) is 10.1. The van der Waals surface area contributed by atoms with Gasteiger partial charge in [0, 0.05) is 19.5 Å². The molecular weight excluding hydrogens is 200 g/mol. The summed E-state index contributed by atoms with van der Waals surface area (Å²) in [5.41, 5.74) is 3.70. The normalized spacial score (nSPS) is 9.88. The molecule has 0 aromatic heterocycles. The Morgan fingerprint density at radius 1 is 1.31 bits per heavy atom. The van der Waals surface area contributed by atoms with Gasteiger partial charge in [-0.2, -0.15) is 5.26 Å². The Hall–Kier alpha value is -1.53. The summed E-state index contributed by atoms with van der Waals surface area (Å²) in [7, 11) is 1.69. The minimum atomic E-state index is 0.550. The Balaban J connectivity index is 2.68. The molecule has 0 unspecified atom stereocenters. The molecule has 0 amide bonds. The molecular formula is C13H18N2O. The highest BCUT2D eigenvalue weighted by Gasteiger charge is 2.05. The summed E-state index contributed by atoms with van der Waals surface area (Å²) in [6, 6.07) is 6.18. The van der Waals surface area contributed by atoms with Crippen LogP contribution >= 0.6 is 0 Å². The van der Waals surface area contributed by atoms with E-state index in [0.29, 0.717) is 6.42 Å². The van der Waals surface area contributed by atoms with E-state index in [1.165, 1.54) is 16.7 Å². The van der Waals surface area contributed by atoms with Crippen LogP contribution in [-0.4, -0.2) is 13.7 Å². The molecule has 0 aliphatic heterocycles. The SMILES string of the molecule is COc1ccc(CNCCC#N)c(C)c1C. The quantitative estimate of drug-likeness (QED) is 0.771. The average molecular weight is 218 g/mol. The van der Waals surface area contributed by atoms with Crippen LogP contribution in [-0.2, 0) is 6.54 Å². The lowest BCUT2D eigenvalue weighted by atomic mass is 10.0. The standard InChI is InChI=1S/C13H18N2O/c1-10-11(2)13(16-3)6-5-12(10)9-15-8-4-7-14/h5-6,15H,4,8-9H2,1-3H3. The van der Waals surface area contributed by atoms with Gasteiger partial charge in [0.2, 0.25) is 0 Å². The Morgan fingerprint density at radius 3 is 2.69 bits per heavy atom. The Bertz CT molecular complexity index is 394. The van der Waals surface area contributed by atoms with Crippen LogP contribution in [0.5, 0.6) is 5.75 Å². The van der Waals surface area contributed by atoms with Gasteiger partial charge in [0.25, 0.3) is 0 Å². The van der Waals surface area contributed by atoms with Crippen LogP contribution in [0.4, 0.5) is 0 Å². The van der Waals surface area contributed by atoms with Crippen LogP contribution in [0.25, 0.3) is 0 Å². The highest BCUT2D eigenvalue weighted by molar-refractivity contribution is 5.43. The zero-order chi connectivity index (χ0) is 12.0. The van der Waals surface area contributed by atoms with Gasteiger partial charge in [-0.05, 0) is 36.6 Å². The van der Waals surface area contributed by atoms with E-state index in [4.69, 9.17) is 10.00 Å². The van der Waals surface area contributed by atoms with E-state index in [0.717, 1.165) is 18.8 Å².